The van der Waals surface area contributed by atoms with Gasteiger partial charge in [0.1, 0.15) is 24.2 Å². The number of carboxylic acids is 1. The van der Waals surface area contributed by atoms with Crippen LogP contribution in [0.4, 0.5) is 0 Å². The molecule has 13 heteroatoms. The number of aliphatic carboxylic acids is 1. The van der Waals surface area contributed by atoms with Crippen LogP contribution in [0, 0.1) is 0 Å². The van der Waals surface area contributed by atoms with Gasteiger partial charge < -0.3 is 42.0 Å². The number of aromatic amines is 1. The van der Waals surface area contributed by atoms with E-state index in [-0.39, 0.29) is 6.42 Å². The fourth-order valence-electron chi connectivity index (χ4n) is 2.23. The molecule has 29 heavy (non-hydrogen) atoms. The predicted molar refractivity (Wildman–Crippen MR) is 98.1 cm³/mol. The minimum Gasteiger partial charge on any atom is -0.480 e. The molecule has 0 radical (unpaired) electrons. The van der Waals surface area contributed by atoms with Crippen LogP contribution in [0.2, 0.25) is 0 Å². The number of amides is 3. The molecule has 0 aromatic carbocycles. The van der Waals surface area contributed by atoms with Crippen LogP contribution in [0.5, 0.6) is 0 Å². The summed E-state index contributed by atoms with van der Waals surface area (Å²) in [5.74, 6) is -3.82. The van der Waals surface area contributed by atoms with Crippen LogP contribution in [0.25, 0.3) is 0 Å². The first-order valence-corrected chi connectivity index (χ1v) is 8.72. The van der Waals surface area contributed by atoms with Crippen molar-refractivity contribution in [2.24, 2.45) is 5.73 Å². The first kappa shape index (κ1) is 24.0. The number of nitrogens with zero attached hydrogens (tertiary/aromatic N) is 1. The fourth-order valence-corrected chi connectivity index (χ4v) is 2.23. The number of rotatable bonds is 11. The number of hydrogen-bond acceptors (Lipinski definition) is 8. The number of carbonyl (C=O) groups is 4. The Morgan fingerprint density at radius 1 is 1.14 bits per heavy atom. The van der Waals surface area contributed by atoms with Crippen molar-refractivity contribution in [3.63, 3.8) is 0 Å². The summed E-state index contributed by atoms with van der Waals surface area (Å²) in [4.78, 5) is 54.2. The summed E-state index contributed by atoms with van der Waals surface area (Å²) in [7, 11) is 0. The quantitative estimate of drug-likeness (QED) is 0.178. The lowest BCUT2D eigenvalue weighted by molar-refractivity contribution is -0.142. The molecule has 0 saturated carbocycles. The maximum Gasteiger partial charge on any atom is 0.326 e. The van der Waals surface area contributed by atoms with Crippen molar-refractivity contribution >= 4 is 23.7 Å². The van der Waals surface area contributed by atoms with E-state index in [9.17, 15) is 29.4 Å². The lowest BCUT2D eigenvalue weighted by Gasteiger charge is -2.24. The van der Waals surface area contributed by atoms with Gasteiger partial charge in [0.05, 0.1) is 19.0 Å². The van der Waals surface area contributed by atoms with E-state index in [0.717, 1.165) is 0 Å². The highest BCUT2D eigenvalue weighted by molar-refractivity contribution is 5.94. The lowest BCUT2D eigenvalue weighted by Crippen LogP contribution is -2.59. The van der Waals surface area contributed by atoms with E-state index in [4.69, 9.17) is 10.8 Å². The van der Waals surface area contributed by atoms with E-state index >= 15 is 0 Å². The van der Waals surface area contributed by atoms with Gasteiger partial charge in [-0.3, -0.25) is 14.4 Å². The van der Waals surface area contributed by atoms with Gasteiger partial charge in [-0.25, -0.2) is 9.78 Å². The average molecular weight is 414 g/mol. The van der Waals surface area contributed by atoms with E-state index < -0.39 is 60.6 Å². The van der Waals surface area contributed by atoms with E-state index in [1.165, 1.54) is 26.4 Å². The number of H-pyrrole nitrogens is 1. The van der Waals surface area contributed by atoms with Crippen molar-refractivity contribution in [3.05, 3.63) is 18.2 Å². The molecule has 1 aromatic heterocycles. The van der Waals surface area contributed by atoms with Crippen LogP contribution in [0.1, 0.15) is 19.5 Å². The average Bonchev–Trinajstić information content (AvgIpc) is 3.16. The minimum atomic E-state index is -1.43. The Morgan fingerprint density at radius 2 is 1.79 bits per heavy atom. The zero-order valence-electron chi connectivity index (χ0n) is 16.0. The number of nitrogens with two attached hydrogens (primary N) is 1. The van der Waals surface area contributed by atoms with Gasteiger partial charge in [-0.2, -0.15) is 0 Å². The van der Waals surface area contributed by atoms with Gasteiger partial charge in [0.2, 0.25) is 17.7 Å². The number of imidazole rings is 1. The maximum absolute atomic E-state index is 12.3. The standard InChI is InChI=1S/C16H26N6O7/c1-7(13(25)21-11(16(28)29)3-9-4-18-6-19-9)20-15(27)12(8(2)24)22-14(26)10(17)5-23/h4,6-8,10-12,23-24H,3,5,17H2,1-2H3,(H,18,19)(H,20,27)(H,21,25)(H,22,26)(H,28,29). The highest BCUT2D eigenvalue weighted by atomic mass is 16.4. The second kappa shape index (κ2) is 11.1. The Labute approximate surface area is 166 Å². The predicted octanol–water partition coefficient (Wildman–Crippen LogP) is -3.79. The van der Waals surface area contributed by atoms with Gasteiger partial charge in [0, 0.05) is 18.3 Å². The van der Waals surface area contributed by atoms with Crippen LogP contribution in [0.15, 0.2) is 12.5 Å². The van der Waals surface area contributed by atoms with Gasteiger partial charge in [0.25, 0.3) is 0 Å². The van der Waals surface area contributed by atoms with Crippen LogP contribution in [-0.2, 0) is 25.6 Å². The Bertz CT molecular complexity index is 709. The van der Waals surface area contributed by atoms with Crippen molar-refractivity contribution < 1.29 is 34.5 Å². The molecule has 1 aromatic rings. The summed E-state index contributed by atoms with van der Waals surface area (Å²) >= 11 is 0. The fraction of sp³-hybridized carbons (Fsp3) is 0.562. The summed E-state index contributed by atoms with van der Waals surface area (Å²) in [6.07, 6.45) is 1.41. The molecule has 162 valence electrons. The molecule has 0 aliphatic rings. The molecule has 3 amide bonds. The lowest BCUT2D eigenvalue weighted by atomic mass is 10.1. The second-order valence-electron chi connectivity index (χ2n) is 6.43. The van der Waals surface area contributed by atoms with Crippen LogP contribution in [-0.4, -0.2) is 85.9 Å². The summed E-state index contributed by atoms with van der Waals surface area (Å²) in [5, 5.41) is 34.6. The number of hydrogen-bond donors (Lipinski definition) is 8. The smallest absolute Gasteiger partial charge is 0.326 e. The number of carboxylic acid groups (broad SMARTS) is 1. The van der Waals surface area contributed by atoms with Gasteiger partial charge in [-0.15, -0.1) is 0 Å². The highest BCUT2D eigenvalue weighted by Crippen LogP contribution is 2.01. The van der Waals surface area contributed by atoms with Crippen LogP contribution < -0.4 is 21.7 Å². The summed E-state index contributed by atoms with van der Waals surface area (Å²) < 4.78 is 0. The Hall–Kier alpha value is -3.03. The largest absolute Gasteiger partial charge is 0.480 e. The Kier molecular flexibility index (Phi) is 9.18. The first-order chi connectivity index (χ1) is 13.6. The van der Waals surface area contributed by atoms with Crippen molar-refractivity contribution in [1.82, 2.24) is 25.9 Å². The molecule has 1 heterocycles. The van der Waals surface area contributed by atoms with E-state index in [2.05, 4.69) is 25.9 Å². The molecule has 5 unspecified atom stereocenters. The zero-order valence-corrected chi connectivity index (χ0v) is 16.0. The van der Waals surface area contributed by atoms with Crippen LogP contribution >= 0.6 is 0 Å². The third kappa shape index (κ3) is 7.48. The van der Waals surface area contributed by atoms with E-state index in [1.807, 2.05) is 0 Å². The molecule has 0 saturated heterocycles. The number of aromatic nitrogens is 2. The zero-order chi connectivity index (χ0) is 22.1. The SMILES string of the molecule is CC(NC(=O)C(NC(=O)C(N)CO)C(C)O)C(=O)NC(Cc1cnc[nH]1)C(=O)O. The van der Waals surface area contributed by atoms with Gasteiger partial charge in [0.15, 0.2) is 0 Å². The van der Waals surface area contributed by atoms with Crippen molar-refractivity contribution in [2.45, 2.75) is 50.5 Å². The number of carbonyl (C=O) groups excluding carboxylic acids is 3. The summed E-state index contributed by atoms with van der Waals surface area (Å²) in [6.45, 7) is 1.89. The normalized spacial score (nSPS) is 16.0. The molecule has 0 spiro atoms. The molecule has 0 aliphatic heterocycles. The second-order valence-corrected chi connectivity index (χ2v) is 6.43. The molecular formula is C16H26N6O7. The number of aliphatic hydroxyl groups excluding tert-OH is 2. The summed E-state index contributed by atoms with van der Waals surface area (Å²) in [6, 6.07) is -5.16. The van der Waals surface area contributed by atoms with E-state index in [0.29, 0.717) is 5.69 Å². The third-order valence-electron chi connectivity index (χ3n) is 3.94. The van der Waals surface area contributed by atoms with Gasteiger partial charge in [-0.1, -0.05) is 0 Å². The van der Waals surface area contributed by atoms with Crippen molar-refractivity contribution in [1.29, 1.82) is 0 Å². The number of nitrogens with one attached hydrogen (secondary N) is 4. The minimum absolute atomic E-state index is 0.0485. The highest BCUT2D eigenvalue weighted by Gasteiger charge is 2.30. The molecule has 13 nitrogen and oxygen atoms in total. The Balaban J connectivity index is 2.71. The summed E-state index contributed by atoms with van der Waals surface area (Å²) in [5.41, 5.74) is 5.84. The third-order valence-corrected chi connectivity index (χ3v) is 3.94. The molecule has 9 N–H and O–H groups in total. The Morgan fingerprint density at radius 3 is 2.28 bits per heavy atom. The van der Waals surface area contributed by atoms with Gasteiger partial charge >= 0.3 is 5.97 Å². The number of aliphatic hydroxyl groups is 2. The monoisotopic (exact) mass is 414 g/mol. The molecule has 0 bridgehead atoms. The van der Waals surface area contributed by atoms with Gasteiger partial charge in [-0.05, 0) is 13.8 Å². The van der Waals surface area contributed by atoms with E-state index in [1.54, 1.807) is 0 Å². The first-order valence-electron chi connectivity index (χ1n) is 8.72. The molecule has 0 fully saturated rings. The molecule has 0 aliphatic carbocycles. The van der Waals surface area contributed by atoms with Crippen molar-refractivity contribution in [3.8, 4) is 0 Å². The van der Waals surface area contributed by atoms with Crippen LogP contribution in [0.3, 0.4) is 0 Å². The molecular weight excluding hydrogens is 388 g/mol. The van der Waals surface area contributed by atoms with Crippen molar-refractivity contribution in [2.75, 3.05) is 6.61 Å². The molecule has 1 rings (SSSR count). The maximum atomic E-state index is 12.3. The topological polar surface area (TPSA) is 220 Å². The molecule has 5 atom stereocenters.